The summed E-state index contributed by atoms with van der Waals surface area (Å²) in [5, 5.41) is 11.1. The van der Waals surface area contributed by atoms with Crippen LogP contribution in [0.4, 0.5) is 5.69 Å². The number of likely N-dealkylation sites (N-methyl/N-ethyl adjacent to an activating group) is 1. The average molecular weight is 258 g/mol. The molecule has 0 aliphatic carbocycles. The van der Waals surface area contributed by atoms with E-state index in [1.54, 1.807) is 0 Å². The Morgan fingerprint density at radius 2 is 1.95 bits per heavy atom. The summed E-state index contributed by atoms with van der Waals surface area (Å²) in [6.07, 6.45) is -0.0160. The van der Waals surface area contributed by atoms with Crippen molar-refractivity contribution in [2.75, 3.05) is 18.5 Å². The summed E-state index contributed by atoms with van der Waals surface area (Å²) in [6, 6.07) is 13.9. The maximum atomic E-state index is 10.6. The van der Waals surface area contributed by atoms with Crippen molar-refractivity contribution in [3.8, 4) is 0 Å². The molecule has 0 radical (unpaired) electrons. The molecule has 1 atom stereocenters. The Morgan fingerprint density at radius 1 is 1.26 bits per heavy atom. The summed E-state index contributed by atoms with van der Waals surface area (Å²) in [7, 11) is 1.92. The van der Waals surface area contributed by atoms with Crippen molar-refractivity contribution in [3.63, 3.8) is 0 Å². The van der Waals surface area contributed by atoms with Crippen LogP contribution in [0, 0.1) is 0 Å². The van der Waals surface area contributed by atoms with Crippen LogP contribution in [0.1, 0.15) is 6.42 Å². The van der Waals surface area contributed by atoms with Crippen LogP contribution in [0.25, 0.3) is 10.8 Å². The Kier molecular flexibility index (Phi) is 4.02. The van der Waals surface area contributed by atoms with Crippen LogP contribution in [-0.4, -0.2) is 30.7 Å². The SMILES string of the molecule is CN(CC(N)CC(=O)O)c1ccc2ccccc2c1. The van der Waals surface area contributed by atoms with Crippen LogP contribution in [-0.2, 0) is 4.79 Å². The minimum atomic E-state index is -0.862. The zero-order valence-electron chi connectivity index (χ0n) is 10.9. The van der Waals surface area contributed by atoms with Gasteiger partial charge < -0.3 is 15.7 Å². The number of benzene rings is 2. The minimum Gasteiger partial charge on any atom is -0.481 e. The van der Waals surface area contributed by atoms with Crippen LogP contribution < -0.4 is 10.6 Å². The van der Waals surface area contributed by atoms with Crippen LogP contribution in [0.15, 0.2) is 42.5 Å². The zero-order valence-corrected chi connectivity index (χ0v) is 10.9. The first-order valence-corrected chi connectivity index (χ1v) is 6.23. The van der Waals surface area contributed by atoms with Gasteiger partial charge in [-0.2, -0.15) is 0 Å². The number of rotatable bonds is 5. The second-order valence-electron chi connectivity index (χ2n) is 4.77. The lowest BCUT2D eigenvalue weighted by Gasteiger charge is -2.23. The highest BCUT2D eigenvalue weighted by Crippen LogP contribution is 2.21. The predicted molar refractivity (Wildman–Crippen MR) is 77.4 cm³/mol. The molecule has 0 saturated heterocycles. The van der Waals surface area contributed by atoms with Gasteiger partial charge in [0.25, 0.3) is 0 Å². The molecular formula is C15H18N2O2. The van der Waals surface area contributed by atoms with Gasteiger partial charge in [0, 0.05) is 25.3 Å². The third kappa shape index (κ3) is 3.45. The smallest absolute Gasteiger partial charge is 0.304 e. The second kappa shape index (κ2) is 5.71. The molecule has 0 aromatic heterocycles. The standard InChI is InChI=1S/C15H18N2O2/c1-17(10-13(16)9-15(18)19)14-7-6-11-4-2-3-5-12(11)8-14/h2-8,13H,9-10,16H2,1H3,(H,18,19). The molecule has 0 aliphatic rings. The predicted octanol–water partition coefficient (Wildman–Crippen LogP) is 2.08. The summed E-state index contributed by atoms with van der Waals surface area (Å²) >= 11 is 0. The molecule has 2 aromatic carbocycles. The van der Waals surface area contributed by atoms with Crippen molar-refractivity contribution in [1.82, 2.24) is 0 Å². The first-order chi connectivity index (χ1) is 9.06. The Bertz CT molecular complexity index is 583. The highest BCUT2D eigenvalue weighted by atomic mass is 16.4. The summed E-state index contributed by atoms with van der Waals surface area (Å²) < 4.78 is 0. The molecule has 100 valence electrons. The van der Waals surface area contributed by atoms with Gasteiger partial charge in [-0.1, -0.05) is 30.3 Å². The Morgan fingerprint density at radius 3 is 2.63 bits per heavy atom. The van der Waals surface area contributed by atoms with Gasteiger partial charge in [-0.3, -0.25) is 4.79 Å². The fraction of sp³-hybridized carbons (Fsp3) is 0.267. The largest absolute Gasteiger partial charge is 0.481 e. The van der Waals surface area contributed by atoms with Gasteiger partial charge in [0.15, 0.2) is 0 Å². The fourth-order valence-corrected chi connectivity index (χ4v) is 2.16. The normalized spacial score (nSPS) is 12.3. The maximum Gasteiger partial charge on any atom is 0.304 e. The van der Waals surface area contributed by atoms with Crippen LogP contribution in [0.2, 0.25) is 0 Å². The number of anilines is 1. The number of carboxylic acids is 1. The van der Waals surface area contributed by atoms with E-state index in [0.29, 0.717) is 6.54 Å². The third-order valence-corrected chi connectivity index (χ3v) is 3.12. The molecule has 0 amide bonds. The van der Waals surface area contributed by atoms with Crippen molar-refractivity contribution in [2.24, 2.45) is 5.73 Å². The van der Waals surface area contributed by atoms with Gasteiger partial charge in [-0.25, -0.2) is 0 Å². The third-order valence-electron chi connectivity index (χ3n) is 3.12. The number of aliphatic carboxylic acids is 1. The summed E-state index contributed by atoms with van der Waals surface area (Å²) in [5.41, 5.74) is 6.84. The summed E-state index contributed by atoms with van der Waals surface area (Å²) in [5.74, 6) is -0.862. The topological polar surface area (TPSA) is 66.6 Å². The zero-order chi connectivity index (χ0) is 13.8. The highest BCUT2D eigenvalue weighted by molar-refractivity contribution is 5.85. The lowest BCUT2D eigenvalue weighted by molar-refractivity contribution is -0.137. The first-order valence-electron chi connectivity index (χ1n) is 6.23. The summed E-state index contributed by atoms with van der Waals surface area (Å²) in [4.78, 5) is 12.6. The first kappa shape index (κ1) is 13.4. The van der Waals surface area contributed by atoms with Gasteiger partial charge in [-0.05, 0) is 22.9 Å². The van der Waals surface area contributed by atoms with E-state index in [4.69, 9.17) is 10.8 Å². The van der Waals surface area contributed by atoms with Crippen LogP contribution in [0.3, 0.4) is 0 Å². The molecule has 0 fully saturated rings. The van der Waals surface area contributed by atoms with Crippen LogP contribution in [0.5, 0.6) is 0 Å². The molecule has 0 saturated carbocycles. The van der Waals surface area contributed by atoms with Crippen molar-refractivity contribution in [1.29, 1.82) is 0 Å². The molecule has 4 heteroatoms. The number of nitrogens with two attached hydrogens (primary N) is 1. The second-order valence-corrected chi connectivity index (χ2v) is 4.77. The van der Waals surface area contributed by atoms with E-state index in [2.05, 4.69) is 24.3 Å². The van der Waals surface area contributed by atoms with Crippen molar-refractivity contribution < 1.29 is 9.90 Å². The number of carbonyl (C=O) groups is 1. The van der Waals surface area contributed by atoms with E-state index in [0.717, 1.165) is 5.69 Å². The molecule has 3 N–H and O–H groups in total. The number of nitrogens with zero attached hydrogens (tertiary/aromatic N) is 1. The molecule has 0 aliphatic heterocycles. The van der Waals surface area contributed by atoms with E-state index in [1.807, 2.05) is 30.1 Å². The Balaban J connectivity index is 2.12. The Hall–Kier alpha value is -2.07. The molecule has 2 aromatic rings. The number of carboxylic acid groups (broad SMARTS) is 1. The molecule has 0 spiro atoms. The molecule has 1 unspecified atom stereocenters. The van der Waals surface area contributed by atoms with Crippen molar-refractivity contribution >= 4 is 22.4 Å². The van der Waals surface area contributed by atoms with E-state index >= 15 is 0 Å². The maximum absolute atomic E-state index is 10.6. The van der Waals surface area contributed by atoms with Gasteiger partial charge >= 0.3 is 5.97 Å². The van der Waals surface area contributed by atoms with Gasteiger partial charge in [0.05, 0.1) is 6.42 Å². The quantitative estimate of drug-likeness (QED) is 0.861. The lowest BCUT2D eigenvalue weighted by atomic mass is 10.1. The van der Waals surface area contributed by atoms with Crippen molar-refractivity contribution in [3.05, 3.63) is 42.5 Å². The number of hydrogen-bond donors (Lipinski definition) is 2. The summed E-state index contributed by atoms with van der Waals surface area (Å²) in [6.45, 7) is 0.518. The molecule has 4 nitrogen and oxygen atoms in total. The lowest BCUT2D eigenvalue weighted by Crippen LogP contribution is -2.36. The molecule has 19 heavy (non-hydrogen) atoms. The van der Waals surface area contributed by atoms with Gasteiger partial charge in [-0.15, -0.1) is 0 Å². The van der Waals surface area contributed by atoms with Gasteiger partial charge in [0.1, 0.15) is 0 Å². The number of fused-ring (bicyclic) bond motifs is 1. The van der Waals surface area contributed by atoms with E-state index in [1.165, 1.54) is 10.8 Å². The average Bonchev–Trinajstić information content (AvgIpc) is 2.37. The highest BCUT2D eigenvalue weighted by Gasteiger charge is 2.11. The van der Waals surface area contributed by atoms with Gasteiger partial charge in [0.2, 0.25) is 0 Å². The molecule has 0 heterocycles. The van der Waals surface area contributed by atoms with E-state index in [9.17, 15) is 4.79 Å². The van der Waals surface area contributed by atoms with Crippen molar-refractivity contribution in [2.45, 2.75) is 12.5 Å². The number of hydrogen-bond acceptors (Lipinski definition) is 3. The van der Waals surface area contributed by atoms with Crippen LogP contribution >= 0.6 is 0 Å². The minimum absolute atomic E-state index is 0.0160. The molecule has 2 rings (SSSR count). The van der Waals surface area contributed by atoms with E-state index < -0.39 is 5.97 Å². The van der Waals surface area contributed by atoms with E-state index in [-0.39, 0.29) is 12.5 Å². The molecular weight excluding hydrogens is 240 g/mol. The molecule has 0 bridgehead atoms. The fourth-order valence-electron chi connectivity index (χ4n) is 2.16. The Labute approximate surface area is 112 Å². The monoisotopic (exact) mass is 258 g/mol.